The van der Waals surface area contributed by atoms with Gasteiger partial charge in [-0.05, 0) is 30.4 Å². The summed E-state index contributed by atoms with van der Waals surface area (Å²) in [6, 6.07) is 8.41. The number of rotatable bonds is 5. The number of benzene rings is 1. The molecule has 1 atom stereocenters. The van der Waals surface area contributed by atoms with Crippen LogP contribution in [0.5, 0.6) is 0 Å². The van der Waals surface area contributed by atoms with E-state index in [0.29, 0.717) is 18.0 Å². The number of hydrogen-bond acceptors (Lipinski definition) is 1. The summed E-state index contributed by atoms with van der Waals surface area (Å²) < 4.78 is 0. The highest BCUT2D eigenvalue weighted by Gasteiger charge is 2.04. The first-order chi connectivity index (χ1) is 8.04. The summed E-state index contributed by atoms with van der Waals surface area (Å²) in [5, 5.41) is 2.82. The molecule has 1 rings (SSSR count). The van der Waals surface area contributed by atoms with Crippen molar-refractivity contribution in [2.75, 3.05) is 0 Å². The second kappa shape index (κ2) is 6.24. The van der Waals surface area contributed by atoms with Crippen LogP contribution in [0.15, 0.2) is 36.4 Å². The molecule has 0 aliphatic heterocycles. The fourth-order valence-corrected chi connectivity index (χ4v) is 1.53. The average Bonchev–Trinajstić information content (AvgIpc) is 2.35. The molecule has 1 amide bonds. The topological polar surface area (TPSA) is 29.1 Å². The van der Waals surface area contributed by atoms with E-state index in [1.165, 1.54) is 5.56 Å². The van der Waals surface area contributed by atoms with Gasteiger partial charge in [0, 0.05) is 12.1 Å². The Hall–Kier alpha value is -1.57. The van der Waals surface area contributed by atoms with Crippen molar-refractivity contribution in [3.63, 3.8) is 0 Å². The van der Waals surface area contributed by atoms with Crippen molar-refractivity contribution in [1.29, 1.82) is 0 Å². The zero-order valence-electron chi connectivity index (χ0n) is 10.9. The van der Waals surface area contributed by atoms with E-state index in [2.05, 4.69) is 50.0 Å². The van der Waals surface area contributed by atoms with Gasteiger partial charge >= 0.3 is 0 Å². The van der Waals surface area contributed by atoms with Crippen molar-refractivity contribution in [3.8, 4) is 0 Å². The van der Waals surface area contributed by atoms with Gasteiger partial charge < -0.3 is 5.32 Å². The standard InChI is InChI=1S/C15H21NO/c1-5-12(4)14-8-6-13(7-9-14)10-16-15(17)11(2)3/h6-9,12H,2,5,10H2,1,3-4H3,(H,16,17). The third kappa shape index (κ3) is 4.06. The summed E-state index contributed by atoms with van der Waals surface area (Å²) in [4.78, 5) is 11.3. The van der Waals surface area contributed by atoms with Crippen molar-refractivity contribution >= 4 is 5.91 Å². The van der Waals surface area contributed by atoms with Gasteiger partial charge in [-0.1, -0.05) is 44.7 Å². The monoisotopic (exact) mass is 231 g/mol. The minimum Gasteiger partial charge on any atom is -0.348 e. The molecule has 0 spiro atoms. The van der Waals surface area contributed by atoms with Gasteiger partial charge in [0.05, 0.1) is 0 Å². The van der Waals surface area contributed by atoms with Gasteiger partial charge in [-0.2, -0.15) is 0 Å². The van der Waals surface area contributed by atoms with E-state index < -0.39 is 0 Å². The van der Waals surface area contributed by atoms with Crippen LogP contribution in [0.2, 0.25) is 0 Å². The quantitative estimate of drug-likeness (QED) is 0.773. The number of nitrogens with one attached hydrogen (secondary N) is 1. The Morgan fingerprint density at radius 1 is 1.35 bits per heavy atom. The molecule has 1 N–H and O–H groups in total. The van der Waals surface area contributed by atoms with Crippen LogP contribution in [0.1, 0.15) is 44.2 Å². The lowest BCUT2D eigenvalue weighted by molar-refractivity contribution is -0.117. The lowest BCUT2D eigenvalue weighted by Gasteiger charge is -2.10. The number of hydrogen-bond donors (Lipinski definition) is 1. The highest BCUT2D eigenvalue weighted by atomic mass is 16.1. The van der Waals surface area contributed by atoms with Crippen LogP contribution in [0.25, 0.3) is 0 Å². The molecule has 0 bridgehead atoms. The minimum atomic E-state index is -0.0870. The molecule has 2 nitrogen and oxygen atoms in total. The summed E-state index contributed by atoms with van der Waals surface area (Å²) in [5.41, 5.74) is 3.01. The number of amides is 1. The number of carbonyl (C=O) groups excluding carboxylic acids is 1. The molecule has 2 heteroatoms. The molecule has 0 aliphatic carbocycles. The first-order valence-electron chi connectivity index (χ1n) is 6.07. The van der Waals surface area contributed by atoms with Gasteiger partial charge in [-0.25, -0.2) is 0 Å². The van der Waals surface area contributed by atoms with Gasteiger partial charge in [0.1, 0.15) is 0 Å². The Labute approximate surface area is 104 Å². The highest BCUT2D eigenvalue weighted by molar-refractivity contribution is 5.91. The molecule has 0 saturated carbocycles. The Morgan fingerprint density at radius 3 is 2.41 bits per heavy atom. The molecule has 1 unspecified atom stereocenters. The van der Waals surface area contributed by atoms with Crippen LogP contribution in [-0.4, -0.2) is 5.91 Å². The largest absolute Gasteiger partial charge is 0.348 e. The molecule has 0 aromatic heterocycles. The third-order valence-corrected chi connectivity index (χ3v) is 3.00. The molecule has 0 saturated heterocycles. The molecule has 0 aliphatic rings. The summed E-state index contributed by atoms with van der Waals surface area (Å²) in [6.07, 6.45) is 1.14. The average molecular weight is 231 g/mol. The second-order valence-corrected chi connectivity index (χ2v) is 4.51. The van der Waals surface area contributed by atoms with Gasteiger partial charge in [0.2, 0.25) is 5.91 Å². The fourth-order valence-electron chi connectivity index (χ4n) is 1.53. The Morgan fingerprint density at radius 2 is 1.94 bits per heavy atom. The Bertz CT molecular complexity index is 392. The van der Waals surface area contributed by atoms with Crippen LogP contribution < -0.4 is 5.32 Å². The predicted octanol–water partition coefficient (Wildman–Crippen LogP) is 3.39. The third-order valence-electron chi connectivity index (χ3n) is 3.00. The normalized spacial score (nSPS) is 11.9. The summed E-state index contributed by atoms with van der Waals surface area (Å²) >= 11 is 0. The number of carbonyl (C=O) groups is 1. The Balaban J connectivity index is 2.57. The predicted molar refractivity (Wildman–Crippen MR) is 71.8 cm³/mol. The molecule has 0 radical (unpaired) electrons. The van der Waals surface area contributed by atoms with E-state index in [1.807, 2.05) is 0 Å². The maximum Gasteiger partial charge on any atom is 0.246 e. The van der Waals surface area contributed by atoms with Crippen LogP contribution >= 0.6 is 0 Å². The maximum absolute atomic E-state index is 11.3. The van der Waals surface area contributed by atoms with E-state index in [1.54, 1.807) is 6.92 Å². The smallest absolute Gasteiger partial charge is 0.246 e. The fraction of sp³-hybridized carbons (Fsp3) is 0.400. The molecular weight excluding hydrogens is 210 g/mol. The van der Waals surface area contributed by atoms with Crippen molar-refractivity contribution in [1.82, 2.24) is 5.32 Å². The molecule has 0 fully saturated rings. The van der Waals surface area contributed by atoms with Gasteiger partial charge in [0.15, 0.2) is 0 Å². The van der Waals surface area contributed by atoms with E-state index in [-0.39, 0.29) is 5.91 Å². The molecule has 17 heavy (non-hydrogen) atoms. The van der Waals surface area contributed by atoms with E-state index in [9.17, 15) is 4.79 Å². The zero-order chi connectivity index (χ0) is 12.8. The minimum absolute atomic E-state index is 0.0870. The van der Waals surface area contributed by atoms with Crippen molar-refractivity contribution in [2.45, 2.75) is 39.7 Å². The molecule has 92 valence electrons. The molecule has 1 aromatic rings. The van der Waals surface area contributed by atoms with Crippen molar-refractivity contribution < 1.29 is 4.79 Å². The summed E-state index contributed by atoms with van der Waals surface area (Å²) in [7, 11) is 0. The lowest BCUT2D eigenvalue weighted by Crippen LogP contribution is -2.22. The highest BCUT2D eigenvalue weighted by Crippen LogP contribution is 2.18. The summed E-state index contributed by atoms with van der Waals surface area (Å²) in [5.74, 6) is 0.505. The van der Waals surface area contributed by atoms with Crippen LogP contribution in [0, 0.1) is 0 Å². The van der Waals surface area contributed by atoms with Crippen LogP contribution in [0.3, 0.4) is 0 Å². The molecule has 0 heterocycles. The first kappa shape index (κ1) is 13.5. The SMILES string of the molecule is C=C(C)C(=O)NCc1ccc(C(C)CC)cc1. The van der Waals surface area contributed by atoms with Crippen LogP contribution in [-0.2, 0) is 11.3 Å². The molecular formula is C15H21NO. The second-order valence-electron chi connectivity index (χ2n) is 4.51. The maximum atomic E-state index is 11.3. The molecule has 1 aromatic carbocycles. The van der Waals surface area contributed by atoms with Crippen molar-refractivity contribution in [2.24, 2.45) is 0 Å². The van der Waals surface area contributed by atoms with Crippen molar-refractivity contribution in [3.05, 3.63) is 47.5 Å². The van der Waals surface area contributed by atoms with Crippen LogP contribution in [0.4, 0.5) is 0 Å². The summed E-state index contributed by atoms with van der Waals surface area (Å²) in [6.45, 7) is 10.3. The van der Waals surface area contributed by atoms with E-state index in [4.69, 9.17) is 0 Å². The zero-order valence-corrected chi connectivity index (χ0v) is 10.9. The lowest BCUT2D eigenvalue weighted by atomic mass is 9.98. The van der Waals surface area contributed by atoms with E-state index in [0.717, 1.165) is 12.0 Å². The first-order valence-corrected chi connectivity index (χ1v) is 6.07. The van der Waals surface area contributed by atoms with Gasteiger partial charge in [-0.3, -0.25) is 4.79 Å². The Kier molecular flexibility index (Phi) is 4.95. The van der Waals surface area contributed by atoms with Gasteiger partial charge in [0.25, 0.3) is 0 Å². The van der Waals surface area contributed by atoms with E-state index >= 15 is 0 Å². The van der Waals surface area contributed by atoms with Gasteiger partial charge in [-0.15, -0.1) is 0 Å².